The summed E-state index contributed by atoms with van der Waals surface area (Å²) >= 11 is 6.07. The molecular weight excluding hydrogens is 298 g/mol. The van der Waals surface area contributed by atoms with Crippen LogP contribution in [0.25, 0.3) is 5.69 Å². The summed E-state index contributed by atoms with van der Waals surface area (Å²) in [5, 5.41) is 7.66. The number of nitrogens with one attached hydrogen (secondary N) is 1. The number of nitrogens with zero attached hydrogens (tertiary/aromatic N) is 2. The van der Waals surface area contributed by atoms with E-state index < -0.39 is 0 Å². The van der Waals surface area contributed by atoms with Crippen molar-refractivity contribution in [2.45, 2.75) is 6.54 Å². The van der Waals surface area contributed by atoms with Crippen molar-refractivity contribution in [1.82, 2.24) is 15.1 Å². The number of benzene rings is 2. The maximum Gasteiger partial charge on any atom is 0.251 e. The first-order chi connectivity index (χ1) is 10.7. The fraction of sp³-hybridized carbons (Fsp3) is 0.0588. The van der Waals surface area contributed by atoms with Crippen molar-refractivity contribution in [2.75, 3.05) is 0 Å². The van der Waals surface area contributed by atoms with Crippen LogP contribution in [0.5, 0.6) is 0 Å². The molecule has 2 aromatic carbocycles. The van der Waals surface area contributed by atoms with Gasteiger partial charge in [-0.15, -0.1) is 0 Å². The normalized spacial score (nSPS) is 10.4. The molecule has 0 fully saturated rings. The minimum absolute atomic E-state index is 0.132. The molecule has 0 aliphatic rings. The Bertz CT molecular complexity index is 767. The molecule has 1 aromatic heterocycles. The van der Waals surface area contributed by atoms with E-state index in [4.69, 9.17) is 11.6 Å². The monoisotopic (exact) mass is 311 g/mol. The van der Waals surface area contributed by atoms with Gasteiger partial charge in [0.05, 0.1) is 5.69 Å². The summed E-state index contributed by atoms with van der Waals surface area (Å²) in [4.78, 5) is 12.2. The Kier molecular flexibility index (Phi) is 4.21. The highest BCUT2D eigenvalue weighted by molar-refractivity contribution is 6.31. The van der Waals surface area contributed by atoms with Gasteiger partial charge in [-0.25, -0.2) is 4.68 Å². The predicted molar refractivity (Wildman–Crippen MR) is 86.2 cm³/mol. The van der Waals surface area contributed by atoms with Gasteiger partial charge in [-0.2, -0.15) is 5.10 Å². The lowest BCUT2D eigenvalue weighted by atomic mass is 10.1. The van der Waals surface area contributed by atoms with Crippen molar-refractivity contribution in [3.8, 4) is 5.69 Å². The molecule has 110 valence electrons. The summed E-state index contributed by atoms with van der Waals surface area (Å²) in [6, 6.07) is 16.6. The van der Waals surface area contributed by atoms with E-state index in [0.717, 1.165) is 11.3 Å². The van der Waals surface area contributed by atoms with E-state index in [0.29, 0.717) is 17.1 Å². The van der Waals surface area contributed by atoms with E-state index >= 15 is 0 Å². The zero-order chi connectivity index (χ0) is 15.4. The van der Waals surface area contributed by atoms with Crippen LogP contribution in [0.3, 0.4) is 0 Å². The van der Waals surface area contributed by atoms with Gasteiger partial charge in [-0.3, -0.25) is 4.79 Å². The van der Waals surface area contributed by atoms with Gasteiger partial charge in [0.2, 0.25) is 0 Å². The molecule has 4 nitrogen and oxygen atoms in total. The minimum atomic E-state index is -0.132. The summed E-state index contributed by atoms with van der Waals surface area (Å²) in [6.45, 7) is 0.402. The zero-order valence-electron chi connectivity index (χ0n) is 11.7. The third kappa shape index (κ3) is 3.18. The van der Waals surface area contributed by atoms with E-state index in [2.05, 4.69) is 10.4 Å². The van der Waals surface area contributed by atoms with Gasteiger partial charge < -0.3 is 5.32 Å². The SMILES string of the molecule is O=C(NCc1ccccc1Cl)c1ccc(-n2cccn2)cc1. The molecule has 0 saturated carbocycles. The molecule has 22 heavy (non-hydrogen) atoms. The zero-order valence-corrected chi connectivity index (χ0v) is 12.5. The van der Waals surface area contributed by atoms with Crippen LogP contribution in [-0.2, 0) is 6.54 Å². The molecule has 0 unspecified atom stereocenters. The fourth-order valence-corrected chi connectivity index (χ4v) is 2.31. The number of carbonyl (C=O) groups is 1. The summed E-state index contributed by atoms with van der Waals surface area (Å²) in [6.07, 6.45) is 3.57. The van der Waals surface area contributed by atoms with Gasteiger partial charge in [0, 0.05) is 29.5 Å². The molecule has 1 amide bonds. The summed E-state index contributed by atoms with van der Waals surface area (Å²) in [5.74, 6) is -0.132. The van der Waals surface area contributed by atoms with Crippen LogP contribution in [-0.4, -0.2) is 15.7 Å². The molecule has 0 spiro atoms. The van der Waals surface area contributed by atoms with E-state index in [1.165, 1.54) is 0 Å². The Hall–Kier alpha value is -2.59. The van der Waals surface area contributed by atoms with Crippen LogP contribution in [0.2, 0.25) is 5.02 Å². The molecule has 0 aliphatic carbocycles. The van der Waals surface area contributed by atoms with Gasteiger partial charge in [0.1, 0.15) is 0 Å². The molecule has 0 aliphatic heterocycles. The van der Waals surface area contributed by atoms with Crippen molar-refractivity contribution in [3.63, 3.8) is 0 Å². The van der Waals surface area contributed by atoms with Crippen molar-refractivity contribution >= 4 is 17.5 Å². The molecule has 0 radical (unpaired) electrons. The van der Waals surface area contributed by atoms with Crippen LogP contribution in [0.1, 0.15) is 15.9 Å². The summed E-state index contributed by atoms with van der Waals surface area (Å²) in [5.41, 5.74) is 2.40. The molecule has 1 heterocycles. The maximum absolute atomic E-state index is 12.2. The average Bonchev–Trinajstić information content (AvgIpc) is 3.08. The third-order valence-corrected chi connectivity index (χ3v) is 3.66. The number of carbonyl (C=O) groups excluding carboxylic acids is 1. The van der Waals surface area contributed by atoms with Crippen molar-refractivity contribution in [1.29, 1.82) is 0 Å². The lowest BCUT2D eigenvalue weighted by molar-refractivity contribution is 0.0951. The lowest BCUT2D eigenvalue weighted by Gasteiger charge is -2.08. The van der Waals surface area contributed by atoms with Crippen molar-refractivity contribution < 1.29 is 4.79 Å². The number of rotatable bonds is 4. The van der Waals surface area contributed by atoms with Crippen LogP contribution >= 0.6 is 11.6 Å². The first kappa shape index (κ1) is 14.4. The Balaban J connectivity index is 1.67. The van der Waals surface area contributed by atoms with Gasteiger partial charge >= 0.3 is 0 Å². The Morgan fingerprint density at radius 1 is 1.09 bits per heavy atom. The Morgan fingerprint density at radius 2 is 1.86 bits per heavy atom. The minimum Gasteiger partial charge on any atom is -0.348 e. The summed E-state index contributed by atoms with van der Waals surface area (Å²) in [7, 11) is 0. The molecule has 0 atom stereocenters. The highest BCUT2D eigenvalue weighted by Crippen LogP contribution is 2.15. The second-order valence-electron chi connectivity index (χ2n) is 4.77. The summed E-state index contributed by atoms with van der Waals surface area (Å²) < 4.78 is 1.74. The average molecular weight is 312 g/mol. The van der Waals surface area contributed by atoms with E-state index in [-0.39, 0.29) is 5.91 Å². The van der Waals surface area contributed by atoms with Crippen LogP contribution < -0.4 is 5.32 Å². The van der Waals surface area contributed by atoms with Gasteiger partial charge in [0.25, 0.3) is 5.91 Å². The highest BCUT2D eigenvalue weighted by atomic mass is 35.5. The number of hydrogen-bond donors (Lipinski definition) is 1. The first-order valence-corrected chi connectivity index (χ1v) is 7.23. The topological polar surface area (TPSA) is 46.9 Å². The third-order valence-electron chi connectivity index (χ3n) is 3.30. The smallest absolute Gasteiger partial charge is 0.251 e. The lowest BCUT2D eigenvalue weighted by Crippen LogP contribution is -2.22. The fourth-order valence-electron chi connectivity index (χ4n) is 2.11. The number of hydrogen-bond acceptors (Lipinski definition) is 2. The van der Waals surface area contributed by atoms with Gasteiger partial charge in [0.15, 0.2) is 0 Å². The van der Waals surface area contributed by atoms with E-state index in [9.17, 15) is 4.79 Å². The Labute approximate surface area is 133 Å². The molecule has 1 N–H and O–H groups in total. The second-order valence-corrected chi connectivity index (χ2v) is 5.18. The quantitative estimate of drug-likeness (QED) is 0.802. The Morgan fingerprint density at radius 3 is 2.55 bits per heavy atom. The number of amides is 1. The van der Waals surface area contributed by atoms with Crippen LogP contribution in [0.15, 0.2) is 67.0 Å². The number of aromatic nitrogens is 2. The van der Waals surface area contributed by atoms with E-state index in [1.54, 1.807) is 23.0 Å². The van der Waals surface area contributed by atoms with Crippen LogP contribution in [0.4, 0.5) is 0 Å². The predicted octanol–water partition coefficient (Wildman–Crippen LogP) is 3.46. The molecular formula is C17H14ClN3O. The standard InChI is InChI=1S/C17H14ClN3O/c18-16-5-2-1-4-14(16)12-19-17(22)13-6-8-15(9-7-13)21-11-3-10-20-21/h1-11H,12H2,(H,19,22). The van der Waals surface area contributed by atoms with Crippen LogP contribution in [0, 0.1) is 0 Å². The van der Waals surface area contributed by atoms with Crippen molar-refractivity contribution in [2.24, 2.45) is 0 Å². The molecule has 5 heteroatoms. The maximum atomic E-state index is 12.2. The number of halogens is 1. The molecule has 3 rings (SSSR count). The second kappa shape index (κ2) is 6.45. The molecule has 3 aromatic rings. The molecule has 0 bridgehead atoms. The van der Waals surface area contributed by atoms with Crippen molar-refractivity contribution in [3.05, 3.63) is 83.1 Å². The first-order valence-electron chi connectivity index (χ1n) is 6.86. The van der Waals surface area contributed by atoms with Gasteiger partial charge in [-0.1, -0.05) is 29.8 Å². The molecule has 0 saturated heterocycles. The highest BCUT2D eigenvalue weighted by Gasteiger charge is 2.07. The van der Waals surface area contributed by atoms with E-state index in [1.807, 2.05) is 48.7 Å². The largest absolute Gasteiger partial charge is 0.348 e. The van der Waals surface area contributed by atoms with Gasteiger partial charge in [-0.05, 0) is 42.0 Å².